The number of anilines is 1. The van der Waals surface area contributed by atoms with Gasteiger partial charge in [0.25, 0.3) is 0 Å². The van der Waals surface area contributed by atoms with Crippen LogP contribution in [0.4, 0.5) is 5.69 Å². The molecule has 0 aromatic heterocycles. The van der Waals surface area contributed by atoms with Crippen molar-refractivity contribution in [1.29, 1.82) is 0 Å². The van der Waals surface area contributed by atoms with E-state index in [0.29, 0.717) is 21.8 Å². The summed E-state index contributed by atoms with van der Waals surface area (Å²) in [5.74, 6) is -0.109. The maximum Gasteiger partial charge on any atom is 0.194 e. The van der Waals surface area contributed by atoms with Crippen molar-refractivity contribution in [1.82, 2.24) is 0 Å². The van der Waals surface area contributed by atoms with Crippen molar-refractivity contribution in [3.8, 4) is 0 Å². The quantitative estimate of drug-likeness (QED) is 0.675. The minimum absolute atomic E-state index is 0.109. The molecule has 17 heavy (non-hydrogen) atoms. The van der Waals surface area contributed by atoms with Gasteiger partial charge in [0.15, 0.2) is 5.78 Å². The standard InChI is InChI=1S/C13H9BrClNO/c14-9-3-6-11(12(15)7-9)13(17)8-1-4-10(16)5-2-8/h1-7H,16H2. The first-order chi connectivity index (χ1) is 8.08. The fourth-order valence-electron chi connectivity index (χ4n) is 1.46. The van der Waals surface area contributed by atoms with Crippen LogP contribution in [0.15, 0.2) is 46.9 Å². The minimum Gasteiger partial charge on any atom is -0.399 e. The number of hydrogen-bond donors (Lipinski definition) is 1. The zero-order valence-electron chi connectivity index (χ0n) is 8.78. The number of nitrogen functional groups attached to an aromatic ring is 1. The third-order valence-electron chi connectivity index (χ3n) is 2.35. The molecule has 2 nitrogen and oxygen atoms in total. The van der Waals surface area contributed by atoms with E-state index in [1.165, 1.54) is 0 Å². The van der Waals surface area contributed by atoms with Crippen LogP contribution in [-0.4, -0.2) is 5.78 Å². The SMILES string of the molecule is Nc1ccc(C(=O)c2ccc(Br)cc2Cl)cc1. The number of nitrogens with two attached hydrogens (primary N) is 1. The van der Waals surface area contributed by atoms with Crippen molar-refractivity contribution in [2.75, 3.05) is 5.73 Å². The van der Waals surface area contributed by atoms with Gasteiger partial charge in [-0.05, 0) is 42.5 Å². The van der Waals surface area contributed by atoms with Crippen LogP contribution in [-0.2, 0) is 0 Å². The Labute approximate surface area is 113 Å². The Kier molecular flexibility index (Phi) is 3.50. The number of benzene rings is 2. The summed E-state index contributed by atoms with van der Waals surface area (Å²) in [7, 11) is 0. The molecule has 0 heterocycles. The number of rotatable bonds is 2. The van der Waals surface area contributed by atoms with Gasteiger partial charge in [0.2, 0.25) is 0 Å². The van der Waals surface area contributed by atoms with E-state index in [0.717, 1.165) is 4.47 Å². The smallest absolute Gasteiger partial charge is 0.194 e. The fourth-order valence-corrected chi connectivity index (χ4v) is 2.22. The predicted octanol–water partition coefficient (Wildman–Crippen LogP) is 3.92. The number of hydrogen-bond acceptors (Lipinski definition) is 2. The number of ketones is 1. The van der Waals surface area contributed by atoms with Gasteiger partial charge in [-0.15, -0.1) is 0 Å². The molecular weight excluding hydrogens is 302 g/mol. The van der Waals surface area contributed by atoms with Gasteiger partial charge in [0.05, 0.1) is 5.02 Å². The van der Waals surface area contributed by atoms with E-state index in [1.807, 2.05) is 0 Å². The van der Waals surface area contributed by atoms with Crippen molar-refractivity contribution < 1.29 is 4.79 Å². The Morgan fingerprint density at radius 1 is 1.12 bits per heavy atom. The number of carbonyl (C=O) groups is 1. The van der Waals surface area contributed by atoms with Gasteiger partial charge in [0.1, 0.15) is 0 Å². The summed E-state index contributed by atoms with van der Waals surface area (Å²) >= 11 is 9.33. The second-order valence-electron chi connectivity index (χ2n) is 3.58. The van der Waals surface area contributed by atoms with E-state index in [-0.39, 0.29) is 5.78 Å². The minimum atomic E-state index is -0.109. The Bertz CT molecular complexity index is 566. The van der Waals surface area contributed by atoms with Gasteiger partial charge in [0, 0.05) is 21.3 Å². The van der Waals surface area contributed by atoms with Gasteiger partial charge < -0.3 is 5.73 Å². The lowest BCUT2D eigenvalue weighted by Crippen LogP contribution is -2.02. The molecule has 0 aliphatic rings. The van der Waals surface area contributed by atoms with Gasteiger partial charge in [-0.2, -0.15) is 0 Å². The van der Waals surface area contributed by atoms with Crippen LogP contribution < -0.4 is 5.73 Å². The van der Waals surface area contributed by atoms with Crippen LogP contribution in [0.25, 0.3) is 0 Å². The van der Waals surface area contributed by atoms with Gasteiger partial charge in [-0.1, -0.05) is 27.5 Å². The van der Waals surface area contributed by atoms with E-state index < -0.39 is 0 Å². The molecule has 0 atom stereocenters. The summed E-state index contributed by atoms with van der Waals surface area (Å²) in [6.45, 7) is 0. The van der Waals surface area contributed by atoms with Crippen LogP contribution in [0.5, 0.6) is 0 Å². The Hall–Kier alpha value is -1.32. The van der Waals surface area contributed by atoms with E-state index in [2.05, 4.69) is 15.9 Å². The Morgan fingerprint density at radius 3 is 2.35 bits per heavy atom. The summed E-state index contributed by atoms with van der Waals surface area (Å²) in [5, 5.41) is 0.432. The summed E-state index contributed by atoms with van der Waals surface area (Å²) in [5.41, 5.74) is 7.26. The number of carbonyl (C=O) groups excluding carboxylic acids is 1. The summed E-state index contributed by atoms with van der Waals surface area (Å²) < 4.78 is 0.844. The fraction of sp³-hybridized carbons (Fsp3) is 0. The topological polar surface area (TPSA) is 43.1 Å². The highest BCUT2D eigenvalue weighted by molar-refractivity contribution is 9.10. The lowest BCUT2D eigenvalue weighted by molar-refractivity contribution is 0.103. The molecule has 0 saturated heterocycles. The highest BCUT2D eigenvalue weighted by Crippen LogP contribution is 2.24. The molecule has 0 spiro atoms. The molecule has 2 aromatic rings. The highest BCUT2D eigenvalue weighted by Gasteiger charge is 2.12. The van der Waals surface area contributed by atoms with Crippen LogP contribution in [0, 0.1) is 0 Å². The molecule has 4 heteroatoms. The molecule has 2 aromatic carbocycles. The van der Waals surface area contributed by atoms with Crippen LogP contribution in [0.1, 0.15) is 15.9 Å². The van der Waals surface area contributed by atoms with E-state index in [4.69, 9.17) is 17.3 Å². The molecule has 86 valence electrons. The van der Waals surface area contributed by atoms with Gasteiger partial charge >= 0.3 is 0 Å². The molecule has 0 aliphatic heterocycles. The third-order valence-corrected chi connectivity index (χ3v) is 3.15. The first-order valence-electron chi connectivity index (χ1n) is 4.93. The average Bonchev–Trinajstić information content (AvgIpc) is 2.29. The van der Waals surface area contributed by atoms with Crippen molar-refractivity contribution in [3.05, 3.63) is 63.1 Å². The first kappa shape index (κ1) is 12.1. The lowest BCUT2D eigenvalue weighted by atomic mass is 10.0. The Morgan fingerprint density at radius 2 is 1.76 bits per heavy atom. The van der Waals surface area contributed by atoms with Crippen LogP contribution in [0.3, 0.4) is 0 Å². The molecule has 0 bridgehead atoms. The lowest BCUT2D eigenvalue weighted by Gasteiger charge is -2.04. The first-order valence-corrected chi connectivity index (χ1v) is 6.10. The van der Waals surface area contributed by atoms with E-state index in [9.17, 15) is 4.79 Å². The zero-order valence-corrected chi connectivity index (χ0v) is 11.1. The van der Waals surface area contributed by atoms with Crippen molar-refractivity contribution in [3.63, 3.8) is 0 Å². The molecule has 0 aliphatic carbocycles. The maximum atomic E-state index is 12.1. The molecular formula is C13H9BrClNO. The summed E-state index contributed by atoms with van der Waals surface area (Å²) in [6.07, 6.45) is 0. The monoisotopic (exact) mass is 309 g/mol. The second kappa shape index (κ2) is 4.90. The molecule has 0 unspecified atom stereocenters. The van der Waals surface area contributed by atoms with Crippen LogP contribution in [0.2, 0.25) is 5.02 Å². The molecule has 0 saturated carbocycles. The van der Waals surface area contributed by atoms with Crippen molar-refractivity contribution >= 4 is 39.0 Å². The van der Waals surface area contributed by atoms with Crippen molar-refractivity contribution in [2.24, 2.45) is 0 Å². The molecule has 2 N–H and O–H groups in total. The van der Waals surface area contributed by atoms with Gasteiger partial charge in [-0.25, -0.2) is 0 Å². The summed E-state index contributed by atoms with van der Waals surface area (Å²) in [6, 6.07) is 12.0. The Balaban J connectivity index is 2.40. The normalized spacial score (nSPS) is 10.2. The maximum absolute atomic E-state index is 12.1. The van der Waals surface area contributed by atoms with Gasteiger partial charge in [-0.3, -0.25) is 4.79 Å². The number of halogens is 2. The highest BCUT2D eigenvalue weighted by atomic mass is 79.9. The van der Waals surface area contributed by atoms with Crippen molar-refractivity contribution in [2.45, 2.75) is 0 Å². The largest absolute Gasteiger partial charge is 0.399 e. The molecule has 2 rings (SSSR count). The predicted molar refractivity (Wildman–Crippen MR) is 73.4 cm³/mol. The van der Waals surface area contributed by atoms with E-state index in [1.54, 1.807) is 42.5 Å². The molecule has 0 radical (unpaired) electrons. The average molecular weight is 311 g/mol. The second-order valence-corrected chi connectivity index (χ2v) is 4.90. The van der Waals surface area contributed by atoms with Crippen LogP contribution >= 0.6 is 27.5 Å². The zero-order chi connectivity index (χ0) is 12.4. The summed E-state index contributed by atoms with van der Waals surface area (Å²) in [4.78, 5) is 12.1. The molecule has 0 fully saturated rings. The third kappa shape index (κ3) is 2.68. The van der Waals surface area contributed by atoms with E-state index >= 15 is 0 Å². The molecule has 0 amide bonds.